The van der Waals surface area contributed by atoms with Crippen molar-refractivity contribution < 1.29 is 0 Å². The molecule has 0 amide bonds. The maximum Gasteiger partial charge on any atom is 0.0885 e. The van der Waals surface area contributed by atoms with Crippen molar-refractivity contribution >= 4 is 5.69 Å². The van der Waals surface area contributed by atoms with Crippen LogP contribution in [-0.4, -0.2) is 10.2 Å². The van der Waals surface area contributed by atoms with E-state index >= 15 is 0 Å². The SMILES string of the molecule is Cc1cc(N)c(C(C)C)nn1. The van der Waals surface area contributed by atoms with Crippen molar-refractivity contribution in [2.24, 2.45) is 0 Å². The third kappa shape index (κ3) is 1.67. The molecule has 1 aromatic rings. The van der Waals surface area contributed by atoms with Gasteiger partial charge in [0, 0.05) is 0 Å². The lowest BCUT2D eigenvalue weighted by Gasteiger charge is -2.06. The van der Waals surface area contributed by atoms with E-state index in [0.29, 0.717) is 5.92 Å². The zero-order valence-electron chi connectivity index (χ0n) is 7.13. The standard InChI is InChI=1S/C8H13N3/c1-5(2)8-7(9)4-6(3)10-11-8/h4-5H,1-3H3,(H2,9,10). The Bertz CT molecular complexity index is 256. The molecule has 0 aliphatic rings. The summed E-state index contributed by atoms with van der Waals surface area (Å²) in [4.78, 5) is 0. The summed E-state index contributed by atoms with van der Waals surface area (Å²) in [5.74, 6) is 0.350. The second-order valence-electron chi connectivity index (χ2n) is 2.98. The lowest BCUT2D eigenvalue weighted by atomic mass is 10.1. The van der Waals surface area contributed by atoms with Gasteiger partial charge in [0.15, 0.2) is 0 Å². The third-order valence-electron chi connectivity index (χ3n) is 1.52. The molecule has 0 spiro atoms. The van der Waals surface area contributed by atoms with Crippen LogP contribution in [0.4, 0.5) is 5.69 Å². The number of hydrogen-bond donors (Lipinski definition) is 1. The predicted octanol–water partition coefficient (Wildman–Crippen LogP) is 1.49. The molecule has 0 aliphatic heterocycles. The second-order valence-corrected chi connectivity index (χ2v) is 2.98. The van der Waals surface area contributed by atoms with Gasteiger partial charge in [-0.25, -0.2) is 0 Å². The maximum absolute atomic E-state index is 5.72. The fourth-order valence-corrected chi connectivity index (χ4v) is 0.967. The summed E-state index contributed by atoms with van der Waals surface area (Å²) in [6, 6.07) is 1.85. The molecule has 60 valence electrons. The van der Waals surface area contributed by atoms with Gasteiger partial charge in [-0.15, -0.1) is 0 Å². The first-order chi connectivity index (χ1) is 5.11. The molecule has 11 heavy (non-hydrogen) atoms. The molecule has 3 heteroatoms. The van der Waals surface area contributed by atoms with Crippen molar-refractivity contribution in [2.45, 2.75) is 26.7 Å². The van der Waals surface area contributed by atoms with E-state index in [2.05, 4.69) is 24.0 Å². The minimum absolute atomic E-state index is 0.350. The highest BCUT2D eigenvalue weighted by Gasteiger charge is 2.05. The van der Waals surface area contributed by atoms with Gasteiger partial charge in [0.1, 0.15) is 0 Å². The number of nitrogen functional groups attached to an aromatic ring is 1. The number of hydrogen-bond acceptors (Lipinski definition) is 3. The topological polar surface area (TPSA) is 51.8 Å². The molecule has 0 aromatic carbocycles. The molecule has 1 rings (SSSR count). The molecule has 0 fully saturated rings. The lowest BCUT2D eigenvalue weighted by Crippen LogP contribution is -2.02. The Kier molecular flexibility index (Phi) is 2.08. The lowest BCUT2D eigenvalue weighted by molar-refractivity contribution is 0.782. The average Bonchev–Trinajstić information content (AvgIpc) is 1.85. The average molecular weight is 151 g/mol. The van der Waals surface area contributed by atoms with Crippen LogP contribution >= 0.6 is 0 Å². The van der Waals surface area contributed by atoms with Crippen LogP contribution in [0.25, 0.3) is 0 Å². The van der Waals surface area contributed by atoms with Gasteiger partial charge in [-0.05, 0) is 18.9 Å². The molecular formula is C8H13N3. The molecule has 0 unspecified atom stereocenters. The Hall–Kier alpha value is -1.12. The van der Waals surface area contributed by atoms with Crippen LogP contribution in [0.15, 0.2) is 6.07 Å². The molecule has 0 saturated heterocycles. The van der Waals surface area contributed by atoms with Gasteiger partial charge in [0.25, 0.3) is 0 Å². The van der Waals surface area contributed by atoms with Crippen molar-refractivity contribution in [1.29, 1.82) is 0 Å². The Labute approximate surface area is 66.6 Å². The molecule has 1 aromatic heterocycles. The van der Waals surface area contributed by atoms with Gasteiger partial charge < -0.3 is 5.73 Å². The number of aromatic nitrogens is 2. The van der Waals surface area contributed by atoms with Crippen LogP contribution in [0.1, 0.15) is 31.2 Å². The number of aryl methyl sites for hydroxylation is 1. The minimum Gasteiger partial charge on any atom is -0.397 e. The largest absolute Gasteiger partial charge is 0.397 e. The molecule has 2 N–H and O–H groups in total. The van der Waals surface area contributed by atoms with Crippen LogP contribution in [-0.2, 0) is 0 Å². The molecule has 0 radical (unpaired) electrons. The first-order valence-electron chi connectivity index (χ1n) is 3.71. The summed E-state index contributed by atoms with van der Waals surface area (Å²) >= 11 is 0. The van der Waals surface area contributed by atoms with Gasteiger partial charge in [0.2, 0.25) is 0 Å². The summed E-state index contributed by atoms with van der Waals surface area (Å²) in [5.41, 5.74) is 8.22. The Morgan fingerprint density at radius 3 is 2.45 bits per heavy atom. The molecule has 0 aliphatic carbocycles. The van der Waals surface area contributed by atoms with Crippen molar-refractivity contribution in [2.75, 3.05) is 5.73 Å². The Morgan fingerprint density at radius 2 is 2.00 bits per heavy atom. The molecule has 1 heterocycles. The van der Waals surface area contributed by atoms with Crippen LogP contribution in [0, 0.1) is 6.92 Å². The third-order valence-corrected chi connectivity index (χ3v) is 1.52. The Balaban J connectivity index is 3.09. The van der Waals surface area contributed by atoms with Gasteiger partial charge in [-0.1, -0.05) is 13.8 Å². The zero-order chi connectivity index (χ0) is 8.43. The van der Waals surface area contributed by atoms with E-state index in [1.165, 1.54) is 0 Å². The monoisotopic (exact) mass is 151 g/mol. The fraction of sp³-hybridized carbons (Fsp3) is 0.500. The van der Waals surface area contributed by atoms with Gasteiger partial charge >= 0.3 is 0 Å². The maximum atomic E-state index is 5.72. The van der Waals surface area contributed by atoms with Crippen LogP contribution in [0.3, 0.4) is 0 Å². The van der Waals surface area contributed by atoms with E-state index in [4.69, 9.17) is 5.73 Å². The van der Waals surface area contributed by atoms with Crippen molar-refractivity contribution in [3.8, 4) is 0 Å². The van der Waals surface area contributed by atoms with E-state index < -0.39 is 0 Å². The predicted molar refractivity (Wildman–Crippen MR) is 45.3 cm³/mol. The number of anilines is 1. The first kappa shape index (κ1) is 7.98. The van der Waals surface area contributed by atoms with Crippen LogP contribution < -0.4 is 5.73 Å². The van der Waals surface area contributed by atoms with Gasteiger partial charge in [-0.3, -0.25) is 0 Å². The minimum atomic E-state index is 0.350. The molecule has 0 atom stereocenters. The molecular weight excluding hydrogens is 138 g/mol. The van der Waals surface area contributed by atoms with Crippen molar-refractivity contribution in [3.05, 3.63) is 17.5 Å². The quantitative estimate of drug-likeness (QED) is 0.661. The summed E-state index contributed by atoms with van der Waals surface area (Å²) in [7, 11) is 0. The number of nitrogens with zero attached hydrogens (tertiary/aromatic N) is 2. The highest BCUT2D eigenvalue weighted by atomic mass is 15.1. The van der Waals surface area contributed by atoms with E-state index in [1.807, 2.05) is 13.0 Å². The van der Waals surface area contributed by atoms with Crippen molar-refractivity contribution in [1.82, 2.24) is 10.2 Å². The number of nitrogens with two attached hydrogens (primary N) is 1. The summed E-state index contributed by atoms with van der Waals surface area (Å²) in [5, 5.41) is 7.93. The highest BCUT2D eigenvalue weighted by Crippen LogP contribution is 2.17. The summed E-state index contributed by atoms with van der Waals surface area (Å²) in [6.45, 7) is 5.98. The molecule has 0 bridgehead atoms. The van der Waals surface area contributed by atoms with Gasteiger partial charge in [-0.2, -0.15) is 10.2 Å². The smallest absolute Gasteiger partial charge is 0.0885 e. The number of rotatable bonds is 1. The Morgan fingerprint density at radius 1 is 1.36 bits per heavy atom. The highest BCUT2D eigenvalue weighted by molar-refractivity contribution is 5.44. The van der Waals surface area contributed by atoms with Crippen LogP contribution in [0.5, 0.6) is 0 Å². The van der Waals surface area contributed by atoms with E-state index in [-0.39, 0.29) is 0 Å². The molecule has 3 nitrogen and oxygen atoms in total. The summed E-state index contributed by atoms with van der Waals surface area (Å²) in [6.07, 6.45) is 0. The van der Waals surface area contributed by atoms with Crippen LogP contribution in [0.2, 0.25) is 0 Å². The van der Waals surface area contributed by atoms with Gasteiger partial charge in [0.05, 0.1) is 17.1 Å². The second kappa shape index (κ2) is 2.86. The first-order valence-corrected chi connectivity index (χ1v) is 3.71. The van der Waals surface area contributed by atoms with E-state index in [1.54, 1.807) is 0 Å². The normalized spacial score (nSPS) is 10.5. The van der Waals surface area contributed by atoms with E-state index in [0.717, 1.165) is 17.1 Å². The van der Waals surface area contributed by atoms with E-state index in [9.17, 15) is 0 Å². The summed E-state index contributed by atoms with van der Waals surface area (Å²) < 4.78 is 0. The van der Waals surface area contributed by atoms with Crippen molar-refractivity contribution in [3.63, 3.8) is 0 Å². The molecule has 0 saturated carbocycles. The zero-order valence-corrected chi connectivity index (χ0v) is 7.13. The fourth-order valence-electron chi connectivity index (χ4n) is 0.967.